The van der Waals surface area contributed by atoms with Crippen LogP contribution in [0.1, 0.15) is 94.5 Å². The minimum atomic E-state index is 0.400. The zero-order valence-electron chi connectivity index (χ0n) is 22.4. The standard InChI is InChI=1S/C29H48N6/c1-4-5-18-32-28-26(16-13-20-35-21-24-14-10-11-15-25(24)22-35)27(33-29(30)34-28)17-9-7-6-8-12-19-31-23(2)3/h10-11,14-15,23,31H,4-9,12-13,16-22H2,1-3H3,(H3,30,32,33,34). The van der Waals surface area contributed by atoms with Crippen molar-refractivity contribution in [3.05, 3.63) is 46.6 Å². The Morgan fingerprint density at radius 1 is 0.886 bits per heavy atom. The zero-order chi connectivity index (χ0) is 24.9. The van der Waals surface area contributed by atoms with Crippen molar-refractivity contribution in [3.8, 4) is 0 Å². The Kier molecular flexibility index (Phi) is 11.8. The number of nitrogens with zero attached hydrogens (tertiary/aromatic N) is 3. The number of aryl methyl sites for hydroxylation is 1. The summed E-state index contributed by atoms with van der Waals surface area (Å²) in [6, 6.07) is 9.40. The highest BCUT2D eigenvalue weighted by Crippen LogP contribution is 2.25. The molecule has 194 valence electrons. The maximum absolute atomic E-state index is 6.14. The lowest BCUT2D eigenvalue weighted by Crippen LogP contribution is -2.23. The fourth-order valence-corrected chi connectivity index (χ4v) is 4.93. The van der Waals surface area contributed by atoms with Crippen LogP contribution in [-0.4, -0.2) is 40.5 Å². The molecule has 0 unspecified atom stereocenters. The molecule has 0 saturated heterocycles. The average Bonchev–Trinajstić information content (AvgIpc) is 3.25. The van der Waals surface area contributed by atoms with E-state index in [1.54, 1.807) is 0 Å². The van der Waals surface area contributed by atoms with Gasteiger partial charge in [-0.2, -0.15) is 4.98 Å². The summed E-state index contributed by atoms with van der Waals surface area (Å²) >= 11 is 0. The van der Waals surface area contributed by atoms with E-state index in [-0.39, 0.29) is 0 Å². The molecule has 1 aromatic carbocycles. The van der Waals surface area contributed by atoms with E-state index in [1.165, 1.54) is 42.4 Å². The molecule has 0 atom stereocenters. The average molecular weight is 481 g/mol. The number of unbranched alkanes of at least 4 members (excludes halogenated alkanes) is 5. The lowest BCUT2D eigenvalue weighted by atomic mass is 10.0. The number of hydrogen-bond acceptors (Lipinski definition) is 6. The van der Waals surface area contributed by atoms with Crippen LogP contribution in [0.25, 0.3) is 0 Å². The van der Waals surface area contributed by atoms with Crippen molar-refractivity contribution in [1.29, 1.82) is 0 Å². The molecular weight excluding hydrogens is 432 g/mol. The summed E-state index contributed by atoms with van der Waals surface area (Å²) in [7, 11) is 0. The molecule has 3 rings (SSSR count). The molecule has 4 N–H and O–H groups in total. The fraction of sp³-hybridized carbons (Fsp3) is 0.655. The monoisotopic (exact) mass is 480 g/mol. The second-order valence-corrected chi connectivity index (χ2v) is 10.3. The summed E-state index contributed by atoms with van der Waals surface area (Å²) in [5.74, 6) is 1.36. The van der Waals surface area contributed by atoms with Gasteiger partial charge in [-0.1, -0.05) is 70.7 Å². The van der Waals surface area contributed by atoms with Gasteiger partial charge in [0.05, 0.1) is 5.69 Å². The predicted molar refractivity (Wildman–Crippen MR) is 149 cm³/mol. The molecule has 1 aliphatic heterocycles. The van der Waals surface area contributed by atoms with Crippen molar-refractivity contribution >= 4 is 11.8 Å². The van der Waals surface area contributed by atoms with Gasteiger partial charge in [-0.15, -0.1) is 0 Å². The number of nitrogen functional groups attached to an aromatic ring is 1. The van der Waals surface area contributed by atoms with Gasteiger partial charge in [0.15, 0.2) is 0 Å². The van der Waals surface area contributed by atoms with Crippen molar-refractivity contribution in [3.63, 3.8) is 0 Å². The molecule has 2 aromatic rings. The Balaban J connectivity index is 1.53. The first-order valence-corrected chi connectivity index (χ1v) is 14.0. The predicted octanol–water partition coefficient (Wildman–Crippen LogP) is 5.71. The molecule has 6 nitrogen and oxygen atoms in total. The van der Waals surface area contributed by atoms with E-state index in [1.807, 2.05) is 0 Å². The first-order chi connectivity index (χ1) is 17.1. The first-order valence-electron chi connectivity index (χ1n) is 14.0. The van der Waals surface area contributed by atoms with Crippen molar-refractivity contribution in [2.75, 3.05) is 30.7 Å². The SMILES string of the molecule is CCCCNc1nc(N)nc(CCCCCCCNC(C)C)c1CCCN1Cc2ccccc2C1. The summed E-state index contributed by atoms with van der Waals surface area (Å²) in [5, 5.41) is 7.08. The number of nitrogens with two attached hydrogens (primary N) is 1. The van der Waals surface area contributed by atoms with E-state index >= 15 is 0 Å². The maximum atomic E-state index is 6.14. The van der Waals surface area contributed by atoms with E-state index in [0.29, 0.717) is 12.0 Å². The number of rotatable bonds is 17. The second kappa shape index (κ2) is 15.0. The van der Waals surface area contributed by atoms with E-state index < -0.39 is 0 Å². The van der Waals surface area contributed by atoms with Gasteiger partial charge in [-0.3, -0.25) is 4.90 Å². The second-order valence-electron chi connectivity index (χ2n) is 10.3. The van der Waals surface area contributed by atoms with Crippen molar-refractivity contribution in [2.24, 2.45) is 0 Å². The Bertz CT molecular complexity index is 856. The molecule has 0 spiro atoms. The quantitative estimate of drug-likeness (QED) is 0.252. The molecule has 0 bridgehead atoms. The molecule has 0 amide bonds. The number of aromatic nitrogens is 2. The molecular formula is C29H48N6. The van der Waals surface area contributed by atoms with Gasteiger partial charge in [0.2, 0.25) is 5.95 Å². The Labute approximate surface area is 213 Å². The molecule has 0 aliphatic carbocycles. The third-order valence-corrected chi connectivity index (χ3v) is 6.88. The summed E-state index contributed by atoms with van der Waals surface area (Å²) in [4.78, 5) is 11.9. The maximum Gasteiger partial charge on any atom is 0.222 e. The molecule has 0 fully saturated rings. The van der Waals surface area contributed by atoms with Gasteiger partial charge in [-0.25, -0.2) is 4.98 Å². The lowest BCUT2D eigenvalue weighted by Gasteiger charge is -2.18. The summed E-state index contributed by atoms with van der Waals surface area (Å²) < 4.78 is 0. The van der Waals surface area contributed by atoms with Gasteiger partial charge in [0.1, 0.15) is 5.82 Å². The molecule has 1 aromatic heterocycles. The van der Waals surface area contributed by atoms with Gasteiger partial charge in [-0.05, 0) is 62.7 Å². The highest BCUT2D eigenvalue weighted by atomic mass is 15.1. The molecule has 2 heterocycles. The smallest absolute Gasteiger partial charge is 0.222 e. The molecule has 0 saturated carbocycles. The Morgan fingerprint density at radius 2 is 1.60 bits per heavy atom. The van der Waals surface area contributed by atoms with Crippen LogP contribution in [0.15, 0.2) is 24.3 Å². The molecule has 6 heteroatoms. The minimum Gasteiger partial charge on any atom is -0.370 e. The Hall–Kier alpha value is -2.18. The van der Waals surface area contributed by atoms with Crippen LogP contribution < -0.4 is 16.4 Å². The topological polar surface area (TPSA) is 79.1 Å². The van der Waals surface area contributed by atoms with E-state index in [4.69, 9.17) is 10.7 Å². The minimum absolute atomic E-state index is 0.400. The van der Waals surface area contributed by atoms with Crippen molar-refractivity contribution < 1.29 is 0 Å². The van der Waals surface area contributed by atoms with E-state index in [0.717, 1.165) is 82.8 Å². The van der Waals surface area contributed by atoms with Crippen LogP contribution in [0, 0.1) is 0 Å². The molecule has 35 heavy (non-hydrogen) atoms. The van der Waals surface area contributed by atoms with E-state index in [2.05, 4.69) is 65.6 Å². The summed E-state index contributed by atoms with van der Waals surface area (Å²) in [5.41, 5.74) is 11.5. The Morgan fingerprint density at radius 3 is 2.31 bits per heavy atom. The normalized spacial score (nSPS) is 13.5. The summed E-state index contributed by atoms with van der Waals surface area (Å²) in [6.45, 7) is 11.9. The van der Waals surface area contributed by atoms with Crippen LogP contribution in [0.3, 0.4) is 0 Å². The number of benzene rings is 1. The third kappa shape index (κ3) is 9.42. The third-order valence-electron chi connectivity index (χ3n) is 6.88. The van der Waals surface area contributed by atoms with Crippen LogP contribution in [0.2, 0.25) is 0 Å². The zero-order valence-corrected chi connectivity index (χ0v) is 22.4. The number of nitrogens with one attached hydrogen (secondary N) is 2. The number of fused-ring (bicyclic) bond motifs is 1. The molecule has 1 aliphatic rings. The van der Waals surface area contributed by atoms with Crippen molar-refractivity contribution in [2.45, 2.75) is 104 Å². The lowest BCUT2D eigenvalue weighted by molar-refractivity contribution is 0.280. The van der Waals surface area contributed by atoms with E-state index in [9.17, 15) is 0 Å². The van der Waals surface area contributed by atoms with Crippen LogP contribution in [0.4, 0.5) is 11.8 Å². The molecule has 0 radical (unpaired) electrons. The first kappa shape index (κ1) is 27.4. The highest BCUT2D eigenvalue weighted by Gasteiger charge is 2.19. The van der Waals surface area contributed by atoms with Gasteiger partial charge in [0, 0.05) is 31.2 Å². The number of anilines is 2. The van der Waals surface area contributed by atoms with Gasteiger partial charge in [0.25, 0.3) is 0 Å². The van der Waals surface area contributed by atoms with Gasteiger partial charge < -0.3 is 16.4 Å². The van der Waals surface area contributed by atoms with Crippen LogP contribution in [0.5, 0.6) is 0 Å². The number of hydrogen-bond donors (Lipinski definition) is 3. The highest BCUT2D eigenvalue weighted by molar-refractivity contribution is 5.50. The summed E-state index contributed by atoms with van der Waals surface area (Å²) in [6.07, 6.45) is 11.6. The van der Waals surface area contributed by atoms with Crippen LogP contribution >= 0.6 is 0 Å². The fourth-order valence-electron chi connectivity index (χ4n) is 4.93. The largest absolute Gasteiger partial charge is 0.370 e. The van der Waals surface area contributed by atoms with Crippen LogP contribution in [-0.2, 0) is 25.9 Å². The van der Waals surface area contributed by atoms with Crippen molar-refractivity contribution in [1.82, 2.24) is 20.2 Å². The van der Waals surface area contributed by atoms with Gasteiger partial charge >= 0.3 is 0 Å².